The number of methoxy groups -OCH3 is 1. The van der Waals surface area contributed by atoms with Crippen LogP contribution in [0, 0.1) is 11.6 Å². The van der Waals surface area contributed by atoms with Crippen LogP contribution in [0.1, 0.15) is 37.7 Å². The molecule has 0 radical (unpaired) electrons. The van der Waals surface area contributed by atoms with Gasteiger partial charge in [0.05, 0.1) is 30.1 Å². The largest absolute Gasteiger partial charge is 0.481 e. The van der Waals surface area contributed by atoms with E-state index in [-0.39, 0.29) is 30.7 Å². The maximum absolute atomic E-state index is 14.4. The predicted molar refractivity (Wildman–Crippen MR) is 120 cm³/mol. The summed E-state index contributed by atoms with van der Waals surface area (Å²) in [7, 11) is 1.53. The quantitative estimate of drug-likeness (QED) is 0.538. The van der Waals surface area contributed by atoms with E-state index in [2.05, 4.69) is 17.1 Å². The van der Waals surface area contributed by atoms with Gasteiger partial charge in [-0.05, 0) is 49.6 Å². The molecule has 0 aromatic heterocycles. The lowest BCUT2D eigenvalue weighted by molar-refractivity contribution is -0.137. The van der Waals surface area contributed by atoms with Gasteiger partial charge in [0, 0.05) is 44.9 Å². The highest BCUT2D eigenvalue weighted by atomic mass is 19.1. The fourth-order valence-corrected chi connectivity index (χ4v) is 4.20. The number of nitrogens with zero attached hydrogens (tertiary/aromatic N) is 1. The zero-order valence-electron chi connectivity index (χ0n) is 18.4. The van der Waals surface area contributed by atoms with Gasteiger partial charge in [-0.25, -0.2) is 8.78 Å². The zero-order chi connectivity index (χ0) is 23.1. The number of hydrogen-bond donors (Lipinski definition) is 2. The first-order valence-electron chi connectivity index (χ1n) is 10.8. The van der Waals surface area contributed by atoms with E-state index in [9.17, 15) is 18.7 Å². The third-order valence-corrected chi connectivity index (χ3v) is 5.76. The Morgan fingerprint density at radius 2 is 1.97 bits per heavy atom. The normalized spacial score (nSPS) is 15.4. The summed E-state index contributed by atoms with van der Waals surface area (Å²) in [6.07, 6.45) is 1.67. The maximum Gasteiger partial charge on any atom is 0.304 e. The summed E-state index contributed by atoms with van der Waals surface area (Å²) in [4.78, 5) is 13.6. The molecular formula is C24H30F2N2O4. The lowest BCUT2D eigenvalue weighted by Gasteiger charge is -2.37. The van der Waals surface area contributed by atoms with Crippen LogP contribution in [0.2, 0.25) is 0 Å². The molecule has 1 atom stereocenters. The second-order valence-electron chi connectivity index (χ2n) is 7.91. The van der Waals surface area contributed by atoms with Gasteiger partial charge < -0.3 is 24.8 Å². The van der Waals surface area contributed by atoms with Crippen molar-refractivity contribution in [1.82, 2.24) is 0 Å². The zero-order valence-corrected chi connectivity index (χ0v) is 18.4. The molecule has 1 heterocycles. The van der Waals surface area contributed by atoms with Gasteiger partial charge in [0.1, 0.15) is 11.6 Å². The summed E-state index contributed by atoms with van der Waals surface area (Å²) < 4.78 is 38.6. The Morgan fingerprint density at radius 1 is 1.22 bits per heavy atom. The van der Waals surface area contributed by atoms with Crippen molar-refractivity contribution < 1.29 is 28.2 Å². The van der Waals surface area contributed by atoms with Crippen LogP contribution in [0.3, 0.4) is 0 Å². The van der Waals surface area contributed by atoms with Crippen LogP contribution in [0.4, 0.5) is 25.8 Å². The summed E-state index contributed by atoms with van der Waals surface area (Å²) >= 11 is 0. The van der Waals surface area contributed by atoms with Crippen molar-refractivity contribution in [3.63, 3.8) is 0 Å². The standard InChI is InChI=1S/C24H30F2N2O4/c1-3-28(19-8-10-32-11-9-19)23-7-4-16(17(15-31-2)13-24(29)30)12-22(23)27-21-6-5-18(25)14-20(21)26/h4-7,12,14,17,19,27H,3,8-11,13,15H2,1-2H3,(H,29,30). The number of rotatable bonds is 10. The molecule has 0 saturated carbocycles. The van der Waals surface area contributed by atoms with Crippen LogP contribution in [0.25, 0.3) is 0 Å². The number of hydrogen-bond acceptors (Lipinski definition) is 5. The maximum atomic E-state index is 14.4. The highest BCUT2D eigenvalue weighted by Crippen LogP contribution is 2.36. The Hall–Kier alpha value is -2.71. The second kappa shape index (κ2) is 11.2. The number of carboxylic acid groups (broad SMARTS) is 1. The summed E-state index contributed by atoms with van der Waals surface area (Å²) in [5.74, 6) is -2.63. The Morgan fingerprint density at radius 3 is 2.59 bits per heavy atom. The van der Waals surface area contributed by atoms with Crippen LogP contribution >= 0.6 is 0 Å². The SMILES string of the molecule is CCN(c1ccc(C(COC)CC(=O)O)cc1Nc1ccc(F)cc1F)C1CCOCC1. The van der Waals surface area contributed by atoms with Gasteiger partial charge >= 0.3 is 5.97 Å². The molecule has 3 rings (SSSR count). The van der Waals surface area contributed by atoms with Crippen molar-refractivity contribution in [3.8, 4) is 0 Å². The van der Waals surface area contributed by atoms with Gasteiger partial charge in [-0.15, -0.1) is 0 Å². The monoisotopic (exact) mass is 448 g/mol. The Balaban J connectivity index is 2.03. The van der Waals surface area contributed by atoms with E-state index in [1.807, 2.05) is 18.2 Å². The lowest BCUT2D eigenvalue weighted by Crippen LogP contribution is -2.39. The first-order valence-corrected chi connectivity index (χ1v) is 10.8. The highest BCUT2D eigenvalue weighted by molar-refractivity contribution is 5.77. The lowest BCUT2D eigenvalue weighted by atomic mass is 9.94. The van der Waals surface area contributed by atoms with Crippen LogP contribution in [0.5, 0.6) is 0 Å². The number of nitrogens with one attached hydrogen (secondary N) is 1. The van der Waals surface area contributed by atoms with Crippen LogP contribution in [-0.4, -0.2) is 50.6 Å². The molecule has 1 aliphatic rings. The predicted octanol–water partition coefficient (Wildman–Crippen LogP) is 4.92. The molecule has 174 valence electrons. The number of anilines is 3. The van der Waals surface area contributed by atoms with Crippen LogP contribution < -0.4 is 10.2 Å². The third-order valence-electron chi connectivity index (χ3n) is 5.76. The minimum absolute atomic E-state index is 0.0883. The topological polar surface area (TPSA) is 71.0 Å². The molecule has 2 N–H and O–H groups in total. The summed E-state index contributed by atoms with van der Waals surface area (Å²) in [6, 6.07) is 9.33. The van der Waals surface area contributed by atoms with Gasteiger partial charge in [-0.2, -0.15) is 0 Å². The Kier molecular flexibility index (Phi) is 8.41. The molecule has 0 aliphatic carbocycles. The van der Waals surface area contributed by atoms with Crippen LogP contribution in [-0.2, 0) is 14.3 Å². The number of aliphatic carboxylic acids is 1. The molecule has 6 nitrogen and oxygen atoms in total. The first-order chi connectivity index (χ1) is 15.4. The summed E-state index contributed by atoms with van der Waals surface area (Å²) in [5, 5.41) is 12.4. The van der Waals surface area contributed by atoms with Gasteiger partial charge in [0.25, 0.3) is 0 Å². The van der Waals surface area contributed by atoms with Gasteiger partial charge in [0.2, 0.25) is 0 Å². The van der Waals surface area contributed by atoms with Gasteiger partial charge in [-0.3, -0.25) is 4.79 Å². The van der Waals surface area contributed by atoms with Crippen molar-refractivity contribution in [3.05, 3.63) is 53.6 Å². The summed E-state index contributed by atoms with van der Waals surface area (Å²) in [5.41, 5.74) is 2.42. The van der Waals surface area contributed by atoms with E-state index in [0.29, 0.717) is 18.9 Å². The molecule has 8 heteroatoms. The molecule has 1 aliphatic heterocycles. The van der Waals surface area contributed by atoms with E-state index >= 15 is 0 Å². The molecule has 1 unspecified atom stereocenters. The van der Waals surface area contributed by atoms with Crippen molar-refractivity contribution >= 4 is 23.0 Å². The molecule has 1 saturated heterocycles. The van der Waals surface area contributed by atoms with E-state index in [1.165, 1.54) is 19.2 Å². The fourth-order valence-electron chi connectivity index (χ4n) is 4.20. The second-order valence-corrected chi connectivity index (χ2v) is 7.91. The smallest absolute Gasteiger partial charge is 0.304 e. The fraction of sp³-hybridized carbons (Fsp3) is 0.458. The van der Waals surface area contributed by atoms with E-state index in [1.54, 1.807) is 0 Å². The first kappa shape index (κ1) is 23.9. The van der Waals surface area contributed by atoms with Gasteiger partial charge in [0.15, 0.2) is 0 Å². The number of carbonyl (C=O) groups is 1. The van der Waals surface area contributed by atoms with Gasteiger partial charge in [-0.1, -0.05) is 6.07 Å². The average Bonchev–Trinajstić information content (AvgIpc) is 2.77. The molecule has 0 spiro atoms. The molecule has 0 amide bonds. The highest BCUT2D eigenvalue weighted by Gasteiger charge is 2.24. The molecule has 2 aromatic rings. The van der Waals surface area contributed by atoms with E-state index < -0.39 is 17.6 Å². The number of halogens is 2. The number of ether oxygens (including phenoxy) is 2. The number of benzene rings is 2. The average molecular weight is 449 g/mol. The molecule has 0 bridgehead atoms. The molecule has 1 fully saturated rings. The molecule has 32 heavy (non-hydrogen) atoms. The molecule has 2 aromatic carbocycles. The Bertz CT molecular complexity index is 919. The minimum Gasteiger partial charge on any atom is -0.481 e. The number of carboxylic acids is 1. The Labute approximate surface area is 187 Å². The van der Waals surface area contributed by atoms with E-state index in [4.69, 9.17) is 9.47 Å². The summed E-state index contributed by atoms with van der Waals surface area (Å²) in [6.45, 7) is 4.41. The van der Waals surface area contributed by atoms with Crippen molar-refractivity contribution in [2.24, 2.45) is 0 Å². The molecular weight excluding hydrogens is 418 g/mol. The minimum atomic E-state index is -0.924. The van der Waals surface area contributed by atoms with Crippen LogP contribution in [0.15, 0.2) is 36.4 Å². The van der Waals surface area contributed by atoms with Crippen molar-refractivity contribution in [2.45, 2.75) is 38.1 Å². The van der Waals surface area contributed by atoms with E-state index in [0.717, 1.165) is 36.7 Å². The third kappa shape index (κ3) is 5.95. The van der Waals surface area contributed by atoms with Crippen molar-refractivity contribution in [2.75, 3.05) is 43.7 Å². The van der Waals surface area contributed by atoms with Crippen molar-refractivity contribution in [1.29, 1.82) is 0 Å².